The minimum Gasteiger partial charge on any atom is -0.508 e. The fraction of sp³-hybridized carbons (Fsp3) is 0.350. The van der Waals surface area contributed by atoms with Gasteiger partial charge in [0.2, 0.25) is 0 Å². The summed E-state index contributed by atoms with van der Waals surface area (Å²) in [6.45, 7) is 1.65. The Hall–Kier alpha value is -5.88. The molecule has 2 aromatic carbocycles. The van der Waals surface area contributed by atoms with Crippen molar-refractivity contribution in [2.24, 2.45) is 0 Å². The maximum absolute atomic E-state index is 17.1. The molecule has 2 unspecified atom stereocenters. The second kappa shape index (κ2) is 13.5. The third-order valence-electron chi connectivity index (χ3n) is 11.4. The van der Waals surface area contributed by atoms with Crippen LogP contribution in [0.2, 0.25) is 0 Å². The quantitative estimate of drug-likeness (QED) is 0.125. The highest BCUT2D eigenvalue weighted by Crippen LogP contribution is 2.43. The molecule has 4 aliphatic rings. The van der Waals surface area contributed by atoms with Crippen molar-refractivity contribution in [3.8, 4) is 35.4 Å². The van der Waals surface area contributed by atoms with Gasteiger partial charge < -0.3 is 19.6 Å². The number of piperazine rings is 1. The molecule has 1 amide bonds. The van der Waals surface area contributed by atoms with Gasteiger partial charge in [0.25, 0.3) is 5.91 Å². The number of rotatable bonds is 7. The minimum atomic E-state index is -0.993. The zero-order chi connectivity index (χ0) is 38.0. The number of amides is 1. The van der Waals surface area contributed by atoms with Crippen molar-refractivity contribution in [2.45, 2.75) is 55.9 Å². The van der Waals surface area contributed by atoms with Crippen LogP contribution in [0.5, 0.6) is 11.8 Å². The number of ether oxygens (including phenoxy) is 1. The molecule has 2 bridgehead atoms. The van der Waals surface area contributed by atoms with E-state index < -0.39 is 35.1 Å². The van der Waals surface area contributed by atoms with Gasteiger partial charge in [0, 0.05) is 55.5 Å². The topological polar surface area (TPSA) is 121 Å². The fourth-order valence-electron chi connectivity index (χ4n) is 9.02. The molecular weight excluding hydrogens is 716 g/mol. The van der Waals surface area contributed by atoms with E-state index in [2.05, 4.69) is 30.8 Å². The molecule has 0 spiro atoms. The Morgan fingerprint density at radius 3 is 2.69 bits per heavy atom. The standard InChI is InChI=1S/C40H34F4N8O3/c1-2-28-31(42)7-4-22-12-27(53)14-29(33(22)28)35-34(44)36-30(16-46-35)37(49-39(48-36)55-20-40-9-3-11-51(40)17-23(41)15-40)50-18-25-5-6-26(19-50)52(25)38(54)32(43)13-24-8-10-45-21-47-24/h1,4,7-8,10,12-14,16,21,23,25-26,53H,3,5-6,9,11,15,17-20H2/b32-13-/t23-,25?,26?,40+/m1/s1. The van der Waals surface area contributed by atoms with Crippen molar-refractivity contribution in [3.05, 3.63) is 77.8 Å². The lowest BCUT2D eigenvalue weighted by Crippen LogP contribution is -2.56. The predicted octanol–water partition coefficient (Wildman–Crippen LogP) is 5.75. The average molecular weight is 751 g/mol. The number of nitrogens with zero attached hydrogens (tertiary/aromatic N) is 8. The number of pyridine rings is 1. The van der Waals surface area contributed by atoms with Crippen LogP contribution in [0.25, 0.3) is 39.0 Å². The molecular formula is C40H34F4N8O3. The number of hydrogen-bond donors (Lipinski definition) is 1. The SMILES string of the molecule is C#Cc1c(F)ccc2cc(O)cc(-c3ncc4c(N5CC6CCC(C5)N6C(=O)/C(F)=C/c5ccncn5)nc(OC[C@@]56CCCN5C[C@H](F)C6)nc4c3F)c12. The number of benzene rings is 2. The smallest absolute Gasteiger partial charge is 0.319 e. The number of aromatic hydroxyl groups is 1. The van der Waals surface area contributed by atoms with Crippen LogP contribution in [0.3, 0.4) is 0 Å². The Labute approximate surface area is 312 Å². The maximum Gasteiger partial charge on any atom is 0.319 e. The molecule has 55 heavy (non-hydrogen) atoms. The van der Waals surface area contributed by atoms with Crippen LogP contribution in [-0.4, -0.2) is 102 Å². The number of anilines is 1. The highest BCUT2D eigenvalue weighted by molar-refractivity contribution is 6.03. The number of hydrogen-bond acceptors (Lipinski definition) is 10. The summed E-state index contributed by atoms with van der Waals surface area (Å²) in [7, 11) is 0. The van der Waals surface area contributed by atoms with Crippen LogP contribution in [-0.2, 0) is 4.79 Å². The monoisotopic (exact) mass is 750 g/mol. The summed E-state index contributed by atoms with van der Waals surface area (Å²) in [4.78, 5) is 40.6. The van der Waals surface area contributed by atoms with E-state index in [0.717, 1.165) is 25.5 Å². The molecule has 4 fully saturated rings. The van der Waals surface area contributed by atoms with E-state index >= 15 is 8.78 Å². The van der Waals surface area contributed by atoms with Crippen molar-refractivity contribution >= 4 is 39.5 Å². The molecule has 0 radical (unpaired) electrons. The fourth-order valence-corrected chi connectivity index (χ4v) is 9.02. The molecule has 11 nitrogen and oxygen atoms in total. The van der Waals surface area contributed by atoms with Crippen LogP contribution in [0.15, 0.2) is 54.9 Å². The lowest BCUT2D eigenvalue weighted by Gasteiger charge is -2.41. The van der Waals surface area contributed by atoms with Crippen molar-refractivity contribution in [1.82, 2.24) is 34.7 Å². The molecule has 3 aromatic heterocycles. The summed E-state index contributed by atoms with van der Waals surface area (Å²) >= 11 is 0. The van der Waals surface area contributed by atoms with Gasteiger partial charge in [-0.1, -0.05) is 12.0 Å². The van der Waals surface area contributed by atoms with E-state index in [1.54, 1.807) is 4.90 Å². The minimum absolute atomic E-state index is 0.0622. The molecule has 4 saturated heterocycles. The number of terminal acetylenes is 1. The largest absolute Gasteiger partial charge is 0.508 e. The lowest BCUT2D eigenvalue weighted by molar-refractivity contribution is -0.131. The molecule has 1 N–H and O–H groups in total. The molecule has 15 heteroatoms. The Balaban J connectivity index is 1.12. The number of alkyl halides is 1. The van der Waals surface area contributed by atoms with Crippen LogP contribution in [0, 0.1) is 24.0 Å². The Morgan fingerprint density at radius 2 is 1.93 bits per heavy atom. The third-order valence-corrected chi connectivity index (χ3v) is 11.4. The second-order valence-corrected chi connectivity index (χ2v) is 14.7. The highest BCUT2D eigenvalue weighted by atomic mass is 19.1. The molecule has 0 saturated carbocycles. The number of halogens is 4. The first-order chi connectivity index (χ1) is 26.6. The van der Waals surface area contributed by atoms with E-state index in [4.69, 9.17) is 16.1 Å². The van der Waals surface area contributed by atoms with Gasteiger partial charge >= 0.3 is 6.01 Å². The molecule has 5 aromatic rings. The van der Waals surface area contributed by atoms with Gasteiger partial charge in [0.05, 0.1) is 34.3 Å². The van der Waals surface area contributed by atoms with Gasteiger partial charge in [0.1, 0.15) is 47.7 Å². The van der Waals surface area contributed by atoms with Crippen LogP contribution in [0.4, 0.5) is 23.4 Å². The molecule has 7 heterocycles. The molecule has 280 valence electrons. The molecule has 9 rings (SSSR count). The van der Waals surface area contributed by atoms with E-state index in [-0.39, 0.29) is 82.3 Å². The van der Waals surface area contributed by atoms with Crippen molar-refractivity contribution < 1.29 is 32.2 Å². The first-order valence-corrected chi connectivity index (χ1v) is 18.1. The second-order valence-electron chi connectivity index (χ2n) is 14.7. The van der Waals surface area contributed by atoms with E-state index in [0.29, 0.717) is 37.0 Å². The summed E-state index contributed by atoms with van der Waals surface area (Å²) < 4.78 is 68.2. The Kier molecular flexibility index (Phi) is 8.53. The summed E-state index contributed by atoms with van der Waals surface area (Å²) in [6.07, 6.45) is 13.1. The van der Waals surface area contributed by atoms with Crippen LogP contribution < -0.4 is 9.64 Å². The van der Waals surface area contributed by atoms with Crippen molar-refractivity contribution in [2.75, 3.05) is 37.7 Å². The van der Waals surface area contributed by atoms with Crippen LogP contribution >= 0.6 is 0 Å². The molecule has 0 aliphatic carbocycles. The summed E-state index contributed by atoms with van der Waals surface area (Å²) in [5, 5.41) is 11.4. The Bertz CT molecular complexity index is 2430. The molecule has 4 aliphatic heterocycles. The Morgan fingerprint density at radius 1 is 1.11 bits per heavy atom. The highest BCUT2D eigenvalue weighted by Gasteiger charge is 2.50. The van der Waals surface area contributed by atoms with E-state index in [9.17, 15) is 18.7 Å². The number of phenolic OH excluding ortho intramolecular Hbond substituents is 1. The van der Waals surface area contributed by atoms with Gasteiger partial charge in [-0.05, 0) is 61.9 Å². The molecule has 4 atom stereocenters. The predicted molar refractivity (Wildman–Crippen MR) is 195 cm³/mol. The number of carbonyl (C=O) groups excluding carboxylic acids is 1. The van der Waals surface area contributed by atoms with Gasteiger partial charge in [-0.15, -0.1) is 6.42 Å². The van der Waals surface area contributed by atoms with Gasteiger partial charge in [-0.3, -0.25) is 14.7 Å². The van der Waals surface area contributed by atoms with E-state index in [1.807, 2.05) is 4.90 Å². The van der Waals surface area contributed by atoms with Crippen molar-refractivity contribution in [1.29, 1.82) is 0 Å². The zero-order valence-electron chi connectivity index (χ0n) is 29.4. The van der Waals surface area contributed by atoms with Crippen molar-refractivity contribution in [3.63, 3.8) is 0 Å². The third kappa shape index (κ3) is 5.95. The van der Waals surface area contributed by atoms with Crippen LogP contribution in [0.1, 0.15) is 43.4 Å². The number of carbonyl (C=O) groups is 1. The summed E-state index contributed by atoms with van der Waals surface area (Å²) in [6, 6.07) is 5.88. The van der Waals surface area contributed by atoms with Gasteiger partial charge in [-0.25, -0.2) is 27.5 Å². The van der Waals surface area contributed by atoms with Gasteiger partial charge in [-0.2, -0.15) is 9.97 Å². The van der Waals surface area contributed by atoms with E-state index in [1.165, 1.54) is 49.1 Å². The number of phenols is 1. The first-order valence-electron chi connectivity index (χ1n) is 18.1. The summed E-state index contributed by atoms with van der Waals surface area (Å²) in [5.41, 5.74) is -0.711. The zero-order valence-corrected chi connectivity index (χ0v) is 29.4. The maximum atomic E-state index is 17.1. The lowest BCUT2D eigenvalue weighted by atomic mass is 9.95. The number of fused-ring (bicyclic) bond motifs is 5. The van der Waals surface area contributed by atoms with Gasteiger partial charge in [0.15, 0.2) is 11.6 Å². The average Bonchev–Trinajstić information content (AvgIpc) is 3.80. The summed E-state index contributed by atoms with van der Waals surface area (Å²) in [5.74, 6) is -0.834. The first kappa shape index (κ1) is 34.9. The normalized spacial score (nSPS) is 23.8. The number of aromatic nitrogens is 5.